The van der Waals surface area contributed by atoms with Gasteiger partial charge in [-0.05, 0) is 41.4 Å². The van der Waals surface area contributed by atoms with Gasteiger partial charge in [0.15, 0.2) is 0 Å². The standard InChI is InChI=1S/C16H17N7O2/c17-16-20-13-12(15(25)21-16)7-10(8-19-13)2-1-9-3-5-11(6-4-9)14(24)22-23-18/h3-6,10H,1-2,7-8H2,(H4,17,19,20,21,25)/t10-/m0/s1. The molecule has 2 heterocycles. The molecule has 4 N–H and O–H groups in total. The van der Waals surface area contributed by atoms with E-state index < -0.39 is 5.91 Å². The maximum absolute atomic E-state index is 12.0. The Morgan fingerprint density at radius 2 is 2.16 bits per heavy atom. The Bertz CT molecular complexity index is 898. The molecule has 0 radical (unpaired) electrons. The molecular formula is C16H17N7O2. The van der Waals surface area contributed by atoms with E-state index in [9.17, 15) is 9.59 Å². The van der Waals surface area contributed by atoms with Crippen molar-refractivity contribution in [3.8, 4) is 0 Å². The van der Waals surface area contributed by atoms with Gasteiger partial charge >= 0.3 is 0 Å². The van der Waals surface area contributed by atoms with Gasteiger partial charge in [0.1, 0.15) is 5.82 Å². The fourth-order valence-electron chi connectivity index (χ4n) is 2.94. The van der Waals surface area contributed by atoms with Gasteiger partial charge in [-0.25, -0.2) is 0 Å². The zero-order valence-corrected chi connectivity index (χ0v) is 13.4. The van der Waals surface area contributed by atoms with Gasteiger partial charge in [-0.15, -0.1) is 0 Å². The molecule has 9 heteroatoms. The minimum atomic E-state index is -0.590. The van der Waals surface area contributed by atoms with E-state index in [2.05, 4.69) is 25.3 Å². The van der Waals surface area contributed by atoms with Gasteiger partial charge in [0.25, 0.3) is 5.56 Å². The summed E-state index contributed by atoms with van der Waals surface area (Å²) in [4.78, 5) is 32.6. The summed E-state index contributed by atoms with van der Waals surface area (Å²) in [6, 6.07) is 7.00. The number of carbonyl (C=O) groups excluding carboxylic acids is 1. The molecule has 3 rings (SSSR count). The molecule has 25 heavy (non-hydrogen) atoms. The van der Waals surface area contributed by atoms with Gasteiger partial charge in [-0.2, -0.15) is 4.98 Å². The first-order valence-electron chi connectivity index (χ1n) is 7.87. The number of nitrogens with zero attached hydrogens (tertiary/aromatic N) is 4. The lowest BCUT2D eigenvalue weighted by Gasteiger charge is -2.24. The van der Waals surface area contributed by atoms with Crippen molar-refractivity contribution in [1.29, 1.82) is 0 Å². The van der Waals surface area contributed by atoms with Crippen LogP contribution in [-0.4, -0.2) is 22.4 Å². The number of amides is 1. The number of fused-ring (bicyclic) bond motifs is 1. The summed E-state index contributed by atoms with van der Waals surface area (Å²) in [5.41, 5.74) is 15.7. The zero-order chi connectivity index (χ0) is 17.8. The third-order valence-electron chi connectivity index (χ3n) is 4.26. The van der Waals surface area contributed by atoms with Crippen LogP contribution in [0.5, 0.6) is 0 Å². The molecule has 0 saturated heterocycles. The van der Waals surface area contributed by atoms with Gasteiger partial charge < -0.3 is 11.1 Å². The van der Waals surface area contributed by atoms with Crippen molar-refractivity contribution in [3.63, 3.8) is 0 Å². The molecular weight excluding hydrogens is 322 g/mol. The molecule has 0 spiro atoms. The fourth-order valence-corrected chi connectivity index (χ4v) is 2.94. The highest BCUT2D eigenvalue weighted by atomic mass is 16.1. The van der Waals surface area contributed by atoms with Gasteiger partial charge in [-0.3, -0.25) is 14.6 Å². The largest absolute Gasteiger partial charge is 0.369 e. The Hall–Kier alpha value is -3.32. The number of rotatable bonds is 4. The molecule has 0 bridgehead atoms. The minimum Gasteiger partial charge on any atom is -0.369 e. The van der Waals surface area contributed by atoms with E-state index in [-0.39, 0.29) is 11.5 Å². The lowest BCUT2D eigenvalue weighted by atomic mass is 9.91. The number of nitrogens with one attached hydrogen (secondary N) is 2. The fraction of sp³-hybridized carbons (Fsp3) is 0.312. The van der Waals surface area contributed by atoms with Crippen molar-refractivity contribution in [2.45, 2.75) is 19.3 Å². The smallest absolute Gasteiger partial charge is 0.257 e. The summed E-state index contributed by atoms with van der Waals surface area (Å²) in [5.74, 6) is 0.403. The summed E-state index contributed by atoms with van der Waals surface area (Å²) < 4.78 is 0. The van der Waals surface area contributed by atoms with E-state index in [0.29, 0.717) is 29.3 Å². The predicted molar refractivity (Wildman–Crippen MR) is 93.2 cm³/mol. The topological polar surface area (TPSA) is 150 Å². The molecule has 0 aliphatic carbocycles. The number of carbonyl (C=O) groups is 1. The number of nitrogen functional groups attached to an aromatic ring is 1. The van der Waals surface area contributed by atoms with Crippen LogP contribution >= 0.6 is 0 Å². The third kappa shape index (κ3) is 3.78. The van der Waals surface area contributed by atoms with Crippen molar-refractivity contribution in [2.75, 3.05) is 17.6 Å². The number of anilines is 2. The van der Waals surface area contributed by atoms with Gasteiger partial charge in [-0.1, -0.05) is 24.3 Å². The molecule has 1 aromatic carbocycles. The van der Waals surface area contributed by atoms with Crippen LogP contribution in [0.15, 0.2) is 34.2 Å². The second kappa shape index (κ2) is 7.06. The molecule has 128 valence electrons. The normalized spacial score (nSPS) is 15.6. The van der Waals surface area contributed by atoms with Crippen LogP contribution in [-0.2, 0) is 12.8 Å². The van der Waals surface area contributed by atoms with E-state index in [4.69, 9.17) is 11.3 Å². The Labute approximate surface area is 142 Å². The Morgan fingerprint density at radius 1 is 1.40 bits per heavy atom. The molecule has 1 aliphatic rings. The highest BCUT2D eigenvalue weighted by Gasteiger charge is 2.22. The van der Waals surface area contributed by atoms with Gasteiger partial charge in [0.2, 0.25) is 11.9 Å². The second-order valence-electron chi connectivity index (χ2n) is 5.96. The van der Waals surface area contributed by atoms with Crippen molar-refractivity contribution < 1.29 is 4.79 Å². The Kier molecular flexibility index (Phi) is 4.67. The van der Waals surface area contributed by atoms with Crippen molar-refractivity contribution >= 4 is 17.7 Å². The minimum absolute atomic E-state index is 0.116. The SMILES string of the molecule is [N-]=[N+]=NC(=O)c1ccc(CC[C@@H]2CNc3nc(N)[nH]c(=O)c3C2)cc1. The second-order valence-corrected chi connectivity index (χ2v) is 5.96. The molecule has 0 saturated carbocycles. The van der Waals surface area contributed by atoms with Crippen molar-refractivity contribution in [3.05, 3.63) is 61.8 Å². The Morgan fingerprint density at radius 3 is 2.88 bits per heavy atom. The molecule has 1 atom stereocenters. The van der Waals surface area contributed by atoms with E-state index in [1.165, 1.54) is 0 Å². The van der Waals surface area contributed by atoms with Crippen molar-refractivity contribution in [1.82, 2.24) is 9.97 Å². The molecule has 0 fully saturated rings. The number of aryl methyl sites for hydroxylation is 1. The number of benzene rings is 1. The Balaban J connectivity index is 1.62. The number of hydrogen-bond acceptors (Lipinski definition) is 5. The van der Waals surface area contributed by atoms with Crippen LogP contribution in [0.2, 0.25) is 0 Å². The van der Waals surface area contributed by atoms with E-state index in [0.717, 1.165) is 24.9 Å². The molecule has 2 aromatic rings. The summed E-state index contributed by atoms with van der Waals surface area (Å²) in [7, 11) is 0. The van der Waals surface area contributed by atoms with Crippen LogP contribution in [0.1, 0.15) is 27.9 Å². The highest BCUT2D eigenvalue weighted by Crippen LogP contribution is 2.23. The van der Waals surface area contributed by atoms with Crippen molar-refractivity contribution in [2.24, 2.45) is 11.0 Å². The first kappa shape index (κ1) is 16.5. The third-order valence-corrected chi connectivity index (χ3v) is 4.26. The monoisotopic (exact) mass is 339 g/mol. The molecule has 1 aromatic heterocycles. The number of hydrogen-bond donors (Lipinski definition) is 3. The van der Waals surface area contributed by atoms with Crippen LogP contribution in [0.4, 0.5) is 11.8 Å². The van der Waals surface area contributed by atoms with Crippen LogP contribution < -0.4 is 16.6 Å². The number of aromatic amines is 1. The van der Waals surface area contributed by atoms with E-state index >= 15 is 0 Å². The number of H-pyrrole nitrogens is 1. The zero-order valence-electron chi connectivity index (χ0n) is 13.4. The number of azide groups is 1. The maximum atomic E-state index is 12.0. The van der Waals surface area contributed by atoms with E-state index in [1.54, 1.807) is 12.1 Å². The molecule has 9 nitrogen and oxygen atoms in total. The number of aromatic nitrogens is 2. The lowest BCUT2D eigenvalue weighted by molar-refractivity contribution is 0.100. The quantitative estimate of drug-likeness (QED) is 0.442. The average Bonchev–Trinajstić information content (AvgIpc) is 2.61. The average molecular weight is 339 g/mol. The molecule has 1 aliphatic heterocycles. The summed E-state index contributed by atoms with van der Waals surface area (Å²) in [6.07, 6.45) is 2.36. The summed E-state index contributed by atoms with van der Waals surface area (Å²) in [5, 5.41) is 6.23. The summed E-state index contributed by atoms with van der Waals surface area (Å²) >= 11 is 0. The molecule has 0 unspecified atom stereocenters. The molecule has 1 amide bonds. The number of nitrogens with two attached hydrogens (primary N) is 1. The summed E-state index contributed by atoms with van der Waals surface area (Å²) in [6.45, 7) is 0.732. The lowest BCUT2D eigenvalue weighted by Crippen LogP contribution is -2.30. The van der Waals surface area contributed by atoms with Gasteiger partial charge in [0.05, 0.1) is 5.56 Å². The first-order valence-corrected chi connectivity index (χ1v) is 7.87. The highest BCUT2D eigenvalue weighted by molar-refractivity contribution is 5.94. The van der Waals surface area contributed by atoms with Gasteiger partial charge in [0, 0.05) is 17.0 Å². The van der Waals surface area contributed by atoms with Crippen LogP contribution in [0, 0.1) is 5.92 Å². The predicted octanol–water partition coefficient (Wildman–Crippen LogP) is 2.02. The first-order chi connectivity index (χ1) is 12.1. The van der Waals surface area contributed by atoms with Crippen LogP contribution in [0.25, 0.3) is 10.4 Å². The van der Waals surface area contributed by atoms with E-state index in [1.807, 2.05) is 12.1 Å². The van der Waals surface area contributed by atoms with Crippen LogP contribution in [0.3, 0.4) is 0 Å². The maximum Gasteiger partial charge on any atom is 0.257 e.